The predicted octanol–water partition coefficient (Wildman–Crippen LogP) is 2.11. The van der Waals surface area contributed by atoms with Crippen molar-refractivity contribution in [3.8, 4) is 0 Å². The molecule has 0 radical (unpaired) electrons. The fraction of sp³-hybridized carbons (Fsp3) is 0.476. The monoisotopic (exact) mass is 396 g/mol. The van der Waals surface area contributed by atoms with E-state index in [4.69, 9.17) is 16.2 Å². The molecule has 1 aromatic heterocycles. The van der Waals surface area contributed by atoms with Crippen LogP contribution in [0.1, 0.15) is 36.4 Å². The van der Waals surface area contributed by atoms with E-state index in [1.165, 1.54) is 0 Å². The summed E-state index contributed by atoms with van der Waals surface area (Å²) in [6.07, 6.45) is 2.36. The maximum atomic E-state index is 12.4. The maximum Gasteiger partial charge on any atom is 0.410 e. The first-order valence-corrected chi connectivity index (χ1v) is 10.2. The Labute approximate surface area is 170 Å². The summed E-state index contributed by atoms with van der Waals surface area (Å²) >= 11 is 0. The third kappa shape index (κ3) is 4.76. The third-order valence-electron chi connectivity index (χ3n) is 5.67. The van der Waals surface area contributed by atoms with Crippen molar-refractivity contribution in [3.63, 3.8) is 0 Å². The molecule has 4 N–H and O–H groups in total. The average Bonchev–Trinajstić information content (AvgIpc) is 3.19. The molecule has 1 aromatic carbocycles. The lowest BCUT2D eigenvalue weighted by Gasteiger charge is -2.31. The summed E-state index contributed by atoms with van der Waals surface area (Å²) in [6, 6.07) is 11.9. The molecule has 2 aromatic rings. The molecule has 8 nitrogen and oxygen atoms in total. The van der Waals surface area contributed by atoms with E-state index >= 15 is 0 Å². The van der Waals surface area contributed by atoms with Crippen molar-refractivity contribution in [1.29, 1.82) is 0 Å². The second kappa shape index (κ2) is 8.65. The number of ether oxygens (including phenoxy) is 1. The predicted molar refractivity (Wildman–Crippen MR) is 111 cm³/mol. The van der Waals surface area contributed by atoms with Crippen molar-refractivity contribution in [1.82, 2.24) is 14.9 Å². The molecule has 29 heavy (non-hydrogen) atoms. The van der Waals surface area contributed by atoms with Crippen molar-refractivity contribution >= 4 is 17.9 Å². The summed E-state index contributed by atoms with van der Waals surface area (Å²) in [4.78, 5) is 25.2. The molecule has 2 fully saturated rings. The number of likely N-dealkylation sites (tertiary alicyclic amines) is 1. The Hall–Kier alpha value is -2.87. The summed E-state index contributed by atoms with van der Waals surface area (Å²) in [7, 11) is 0. The highest BCUT2D eigenvalue weighted by molar-refractivity contribution is 5.67. The van der Waals surface area contributed by atoms with Gasteiger partial charge < -0.3 is 26.0 Å². The van der Waals surface area contributed by atoms with Gasteiger partial charge in [0, 0.05) is 44.2 Å². The number of amides is 1. The first kappa shape index (κ1) is 19.4. The molecule has 0 bridgehead atoms. The fourth-order valence-electron chi connectivity index (χ4n) is 4.01. The number of aromatic nitrogens is 2. The van der Waals surface area contributed by atoms with Crippen LogP contribution >= 0.6 is 0 Å². The number of benzene rings is 1. The van der Waals surface area contributed by atoms with E-state index in [1.54, 1.807) is 4.90 Å². The number of carbonyl (C=O) groups is 1. The maximum absolute atomic E-state index is 12.4. The van der Waals surface area contributed by atoms with E-state index in [2.05, 4.69) is 14.9 Å². The summed E-state index contributed by atoms with van der Waals surface area (Å²) < 4.78 is 5.45. The van der Waals surface area contributed by atoms with E-state index in [-0.39, 0.29) is 18.1 Å². The minimum atomic E-state index is -0.263. The molecule has 0 spiro atoms. The van der Waals surface area contributed by atoms with Gasteiger partial charge in [-0.1, -0.05) is 30.3 Å². The number of hydrogen-bond acceptors (Lipinski definition) is 7. The lowest BCUT2D eigenvalue weighted by Crippen LogP contribution is -2.38. The van der Waals surface area contributed by atoms with Crippen molar-refractivity contribution in [2.24, 2.45) is 5.73 Å². The molecule has 0 aliphatic carbocycles. The van der Waals surface area contributed by atoms with Crippen LogP contribution in [-0.2, 0) is 11.3 Å². The van der Waals surface area contributed by atoms with Gasteiger partial charge in [0.1, 0.15) is 12.4 Å². The highest BCUT2D eigenvalue weighted by Crippen LogP contribution is 2.30. The van der Waals surface area contributed by atoms with Crippen LogP contribution in [0.3, 0.4) is 0 Å². The second-order valence-electron chi connectivity index (χ2n) is 7.81. The van der Waals surface area contributed by atoms with Gasteiger partial charge in [-0.3, -0.25) is 0 Å². The molecule has 4 rings (SSSR count). The smallest absolute Gasteiger partial charge is 0.410 e. The standard InChI is InChI=1S/C21H28N6O2/c22-17-8-11-27(13-17)19-12-18(24-20(23)25-19)16-6-9-26(10-7-16)21(28)29-14-15-4-2-1-3-5-15/h1-5,12,16-17H,6-11,13-14,22H2,(H2,23,24,25)/t17-/m1/s1. The van der Waals surface area contributed by atoms with Crippen LogP contribution in [0.15, 0.2) is 36.4 Å². The van der Waals surface area contributed by atoms with Gasteiger partial charge in [-0.15, -0.1) is 0 Å². The first-order chi connectivity index (χ1) is 14.1. The van der Waals surface area contributed by atoms with Crippen molar-refractivity contribution < 1.29 is 9.53 Å². The minimum Gasteiger partial charge on any atom is -0.445 e. The first-order valence-electron chi connectivity index (χ1n) is 10.2. The van der Waals surface area contributed by atoms with Crippen LogP contribution in [-0.4, -0.2) is 53.2 Å². The number of nitrogens with two attached hydrogens (primary N) is 2. The molecule has 2 aliphatic rings. The Morgan fingerprint density at radius 3 is 2.55 bits per heavy atom. The van der Waals surface area contributed by atoms with Gasteiger partial charge in [-0.25, -0.2) is 9.78 Å². The number of rotatable bonds is 4. The molecule has 1 atom stereocenters. The van der Waals surface area contributed by atoms with E-state index in [0.29, 0.717) is 25.6 Å². The molecular formula is C21H28N6O2. The van der Waals surface area contributed by atoms with Crippen molar-refractivity contribution in [2.45, 2.75) is 37.8 Å². The third-order valence-corrected chi connectivity index (χ3v) is 5.67. The van der Waals surface area contributed by atoms with Crippen LogP contribution in [0.25, 0.3) is 0 Å². The van der Waals surface area contributed by atoms with Gasteiger partial charge in [-0.05, 0) is 24.8 Å². The molecule has 0 saturated carbocycles. The molecule has 2 saturated heterocycles. The number of nitrogens with zero attached hydrogens (tertiary/aromatic N) is 4. The zero-order valence-electron chi connectivity index (χ0n) is 16.5. The quantitative estimate of drug-likeness (QED) is 0.814. The van der Waals surface area contributed by atoms with Gasteiger partial charge in [-0.2, -0.15) is 4.98 Å². The van der Waals surface area contributed by atoms with Gasteiger partial charge >= 0.3 is 6.09 Å². The summed E-state index contributed by atoms with van der Waals surface area (Å²) in [5, 5.41) is 0. The number of anilines is 2. The SMILES string of the molecule is Nc1nc(C2CCN(C(=O)OCc3ccccc3)CC2)cc(N2CC[C@@H](N)C2)n1. The molecule has 0 unspecified atom stereocenters. The largest absolute Gasteiger partial charge is 0.445 e. The van der Waals surface area contributed by atoms with Crippen LogP contribution in [0, 0.1) is 0 Å². The number of carbonyl (C=O) groups excluding carboxylic acids is 1. The normalized spacial score (nSPS) is 20.1. The van der Waals surface area contributed by atoms with Crippen LogP contribution in [0.5, 0.6) is 0 Å². The second-order valence-corrected chi connectivity index (χ2v) is 7.81. The van der Waals surface area contributed by atoms with E-state index in [1.807, 2.05) is 36.4 Å². The summed E-state index contributed by atoms with van der Waals surface area (Å²) in [5.74, 6) is 1.40. The van der Waals surface area contributed by atoms with E-state index in [9.17, 15) is 4.79 Å². The number of piperidine rings is 1. The van der Waals surface area contributed by atoms with Crippen molar-refractivity contribution in [3.05, 3.63) is 47.7 Å². The average molecular weight is 396 g/mol. The highest BCUT2D eigenvalue weighted by atomic mass is 16.6. The molecular weight excluding hydrogens is 368 g/mol. The van der Waals surface area contributed by atoms with Crippen LogP contribution in [0.4, 0.5) is 16.6 Å². The van der Waals surface area contributed by atoms with Gasteiger partial charge in [0.05, 0.1) is 5.69 Å². The topological polar surface area (TPSA) is 111 Å². The highest BCUT2D eigenvalue weighted by Gasteiger charge is 2.27. The summed E-state index contributed by atoms with van der Waals surface area (Å²) in [5.41, 5.74) is 13.9. The minimum absolute atomic E-state index is 0.180. The zero-order chi connectivity index (χ0) is 20.2. The molecule has 2 aliphatic heterocycles. The molecule has 154 valence electrons. The Kier molecular flexibility index (Phi) is 5.80. The van der Waals surface area contributed by atoms with Gasteiger partial charge in [0.15, 0.2) is 0 Å². The van der Waals surface area contributed by atoms with E-state index < -0.39 is 0 Å². The lowest BCUT2D eigenvalue weighted by atomic mass is 9.93. The van der Waals surface area contributed by atoms with Gasteiger partial charge in [0.2, 0.25) is 5.95 Å². The Morgan fingerprint density at radius 2 is 1.86 bits per heavy atom. The van der Waals surface area contributed by atoms with Crippen molar-refractivity contribution in [2.75, 3.05) is 36.8 Å². The fourth-order valence-corrected chi connectivity index (χ4v) is 4.01. The number of nitrogen functional groups attached to an aromatic ring is 1. The zero-order valence-corrected chi connectivity index (χ0v) is 16.5. The van der Waals surface area contributed by atoms with Crippen LogP contribution < -0.4 is 16.4 Å². The molecule has 8 heteroatoms. The summed E-state index contributed by atoms with van der Waals surface area (Å²) in [6.45, 7) is 3.27. The van der Waals surface area contributed by atoms with Crippen LogP contribution in [0.2, 0.25) is 0 Å². The number of hydrogen-bond donors (Lipinski definition) is 2. The lowest BCUT2D eigenvalue weighted by molar-refractivity contribution is 0.0868. The van der Waals surface area contributed by atoms with Gasteiger partial charge in [0.25, 0.3) is 0 Å². The Balaban J connectivity index is 1.33. The van der Waals surface area contributed by atoms with E-state index in [0.717, 1.165) is 49.4 Å². The molecule has 1 amide bonds. The molecule has 3 heterocycles. The Bertz CT molecular complexity index is 838. The Morgan fingerprint density at radius 1 is 1.10 bits per heavy atom.